The standard InChI is InChI=1S/C33H49Cl/c1-22(2)9-8-10-23(3)28-15-16-29-27-14-13-25-21-24(26-11-6-7-12-31(26)34)17-19-32(25,4)30(27)18-20-33(28,29)5/h6-7,11-12,17,22-23,25,27-30H,8-10,13-16,18-21H2,1-5H3/t23-,25-,27-,28+,29-,30-,32-,33+/m0/s1. The lowest BCUT2D eigenvalue weighted by atomic mass is 9.44. The summed E-state index contributed by atoms with van der Waals surface area (Å²) in [6.45, 7) is 12.8. The Morgan fingerprint density at radius 1 is 0.912 bits per heavy atom. The van der Waals surface area contributed by atoms with E-state index in [9.17, 15) is 0 Å². The van der Waals surface area contributed by atoms with Gasteiger partial charge in [-0.2, -0.15) is 0 Å². The Balaban J connectivity index is 1.31. The smallest absolute Gasteiger partial charge is 0.0481 e. The fourth-order valence-corrected chi connectivity index (χ4v) is 10.1. The second kappa shape index (κ2) is 9.61. The molecule has 0 nitrogen and oxygen atoms in total. The molecule has 8 atom stereocenters. The van der Waals surface area contributed by atoms with Gasteiger partial charge in [-0.1, -0.05) is 89.8 Å². The fraction of sp³-hybridized carbons (Fsp3) is 0.758. The van der Waals surface area contributed by atoms with Crippen molar-refractivity contribution >= 4 is 17.2 Å². The SMILES string of the molecule is CC(C)CCC[C@H](C)[C@H]1CC[C@H]2[C@@H]3CC[C@H]4CC(c5ccccc5Cl)=CC[C@]4(C)[C@H]3CC[C@]12C. The maximum atomic E-state index is 6.60. The van der Waals surface area contributed by atoms with E-state index in [1.165, 1.54) is 81.8 Å². The fourth-order valence-electron chi connectivity index (χ4n) is 9.85. The van der Waals surface area contributed by atoms with Crippen LogP contribution in [0.5, 0.6) is 0 Å². The zero-order valence-electron chi connectivity index (χ0n) is 22.6. The van der Waals surface area contributed by atoms with Gasteiger partial charge in [-0.3, -0.25) is 0 Å². The van der Waals surface area contributed by atoms with E-state index in [1.807, 2.05) is 0 Å². The van der Waals surface area contributed by atoms with Crippen molar-refractivity contribution in [2.45, 2.75) is 105 Å². The number of rotatable bonds is 6. The molecule has 4 aliphatic carbocycles. The first kappa shape index (κ1) is 24.9. The molecule has 0 aromatic heterocycles. The molecule has 1 heteroatoms. The van der Waals surface area contributed by atoms with Crippen molar-refractivity contribution in [3.05, 3.63) is 40.9 Å². The van der Waals surface area contributed by atoms with Gasteiger partial charge in [0.05, 0.1) is 0 Å². The van der Waals surface area contributed by atoms with Gasteiger partial charge in [-0.25, -0.2) is 0 Å². The van der Waals surface area contributed by atoms with E-state index in [0.717, 1.165) is 46.4 Å². The van der Waals surface area contributed by atoms with E-state index < -0.39 is 0 Å². The summed E-state index contributed by atoms with van der Waals surface area (Å²) in [5.74, 6) is 6.46. The van der Waals surface area contributed by atoms with Gasteiger partial charge >= 0.3 is 0 Å². The van der Waals surface area contributed by atoms with Crippen molar-refractivity contribution in [2.24, 2.45) is 52.3 Å². The number of fused-ring (bicyclic) bond motifs is 5. The molecular formula is C33H49Cl. The highest BCUT2D eigenvalue weighted by Crippen LogP contribution is 2.68. The summed E-state index contributed by atoms with van der Waals surface area (Å²) in [6, 6.07) is 8.50. The number of halogens is 1. The van der Waals surface area contributed by atoms with E-state index in [1.54, 1.807) is 0 Å². The second-order valence-electron chi connectivity index (χ2n) is 13.8. The number of hydrogen-bond acceptors (Lipinski definition) is 0. The molecule has 0 amide bonds. The lowest BCUT2D eigenvalue weighted by Crippen LogP contribution is -2.52. The maximum absolute atomic E-state index is 6.60. The minimum atomic E-state index is 0.496. The van der Waals surface area contributed by atoms with Crippen molar-refractivity contribution in [2.75, 3.05) is 0 Å². The third kappa shape index (κ3) is 4.23. The summed E-state index contributed by atoms with van der Waals surface area (Å²) in [5, 5.41) is 0.930. The summed E-state index contributed by atoms with van der Waals surface area (Å²) < 4.78 is 0. The van der Waals surface area contributed by atoms with E-state index in [0.29, 0.717) is 10.8 Å². The highest BCUT2D eigenvalue weighted by molar-refractivity contribution is 6.32. The minimum Gasteiger partial charge on any atom is -0.0837 e. The Kier molecular flexibility index (Phi) is 7.04. The van der Waals surface area contributed by atoms with Gasteiger partial charge in [0.1, 0.15) is 0 Å². The monoisotopic (exact) mass is 480 g/mol. The molecule has 3 fully saturated rings. The van der Waals surface area contributed by atoms with Crippen molar-refractivity contribution in [1.82, 2.24) is 0 Å². The quantitative estimate of drug-likeness (QED) is 0.379. The summed E-state index contributed by atoms with van der Waals surface area (Å²) in [4.78, 5) is 0. The molecule has 0 saturated heterocycles. The molecule has 0 N–H and O–H groups in total. The lowest BCUT2D eigenvalue weighted by Gasteiger charge is -2.60. The van der Waals surface area contributed by atoms with Crippen LogP contribution in [-0.2, 0) is 0 Å². The first-order chi connectivity index (χ1) is 16.2. The summed E-state index contributed by atoms with van der Waals surface area (Å²) >= 11 is 6.60. The van der Waals surface area contributed by atoms with E-state index >= 15 is 0 Å². The maximum Gasteiger partial charge on any atom is 0.0481 e. The third-order valence-corrected chi connectivity index (χ3v) is 12.1. The Hall–Kier alpha value is -0.750. The van der Waals surface area contributed by atoms with Crippen LogP contribution in [-0.4, -0.2) is 0 Å². The highest BCUT2D eigenvalue weighted by Gasteiger charge is 2.60. The Bertz CT molecular complexity index is 898. The van der Waals surface area contributed by atoms with Crippen LogP contribution < -0.4 is 0 Å². The summed E-state index contributed by atoms with van der Waals surface area (Å²) in [7, 11) is 0. The van der Waals surface area contributed by atoms with Crippen molar-refractivity contribution in [1.29, 1.82) is 0 Å². The van der Waals surface area contributed by atoms with Crippen molar-refractivity contribution < 1.29 is 0 Å². The molecule has 1 aromatic rings. The molecule has 34 heavy (non-hydrogen) atoms. The predicted octanol–water partition coefficient (Wildman–Crippen LogP) is 10.5. The van der Waals surface area contributed by atoms with Crippen LogP contribution in [0.15, 0.2) is 30.3 Å². The van der Waals surface area contributed by atoms with E-state index in [4.69, 9.17) is 11.6 Å². The van der Waals surface area contributed by atoms with Gasteiger partial charge in [0.2, 0.25) is 0 Å². The summed E-state index contributed by atoms with van der Waals surface area (Å²) in [6.07, 6.45) is 18.3. The molecule has 188 valence electrons. The topological polar surface area (TPSA) is 0 Å². The predicted molar refractivity (Wildman–Crippen MR) is 148 cm³/mol. The molecule has 3 saturated carbocycles. The van der Waals surface area contributed by atoms with Gasteiger partial charge in [0, 0.05) is 5.02 Å². The Labute approximate surface area is 215 Å². The van der Waals surface area contributed by atoms with Crippen LogP contribution in [0.25, 0.3) is 5.57 Å². The Morgan fingerprint density at radius 2 is 1.68 bits per heavy atom. The van der Waals surface area contributed by atoms with Gasteiger partial charge in [-0.15, -0.1) is 0 Å². The third-order valence-electron chi connectivity index (χ3n) is 11.7. The number of benzene rings is 1. The molecule has 0 aliphatic heterocycles. The van der Waals surface area contributed by atoms with Crippen molar-refractivity contribution in [3.63, 3.8) is 0 Å². The Morgan fingerprint density at radius 3 is 2.44 bits per heavy atom. The van der Waals surface area contributed by atoms with Crippen LogP contribution in [0.1, 0.15) is 111 Å². The summed E-state index contributed by atoms with van der Waals surface area (Å²) in [5.41, 5.74) is 3.91. The van der Waals surface area contributed by atoms with Gasteiger partial charge in [0.15, 0.2) is 0 Å². The highest BCUT2D eigenvalue weighted by atomic mass is 35.5. The molecule has 0 spiro atoms. The van der Waals surface area contributed by atoms with Crippen molar-refractivity contribution in [3.8, 4) is 0 Å². The van der Waals surface area contributed by atoms with Crippen LogP contribution in [0.4, 0.5) is 0 Å². The lowest BCUT2D eigenvalue weighted by molar-refractivity contribution is -0.0999. The van der Waals surface area contributed by atoms with E-state index in [-0.39, 0.29) is 0 Å². The second-order valence-corrected chi connectivity index (χ2v) is 14.2. The molecule has 0 heterocycles. The van der Waals surface area contributed by atoms with E-state index in [2.05, 4.69) is 65.0 Å². The number of hydrogen-bond donors (Lipinski definition) is 0. The van der Waals surface area contributed by atoms with Gasteiger partial charge in [-0.05, 0) is 121 Å². The zero-order valence-corrected chi connectivity index (χ0v) is 23.3. The molecular weight excluding hydrogens is 432 g/mol. The zero-order chi connectivity index (χ0) is 24.1. The number of allylic oxidation sites excluding steroid dienone is 2. The minimum absolute atomic E-state index is 0.496. The molecule has 0 bridgehead atoms. The van der Waals surface area contributed by atoms with Crippen LogP contribution >= 0.6 is 11.6 Å². The van der Waals surface area contributed by atoms with Crippen LogP contribution in [0, 0.1) is 52.3 Å². The first-order valence-electron chi connectivity index (χ1n) is 14.7. The van der Waals surface area contributed by atoms with Gasteiger partial charge in [0.25, 0.3) is 0 Å². The molecule has 4 aliphatic rings. The average Bonchev–Trinajstić information content (AvgIpc) is 3.16. The molecule has 0 unspecified atom stereocenters. The van der Waals surface area contributed by atoms with Gasteiger partial charge < -0.3 is 0 Å². The molecule has 1 aromatic carbocycles. The normalized spacial score (nSPS) is 40.3. The molecule has 5 rings (SSSR count). The van der Waals surface area contributed by atoms with Crippen LogP contribution in [0.3, 0.4) is 0 Å². The largest absolute Gasteiger partial charge is 0.0837 e. The molecule has 0 radical (unpaired) electrons. The van der Waals surface area contributed by atoms with Crippen LogP contribution in [0.2, 0.25) is 5.02 Å². The average molecular weight is 481 g/mol. The first-order valence-corrected chi connectivity index (χ1v) is 15.1.